The van der Waals surface area contributed by atoms with Gasteiger partial charge in [0, 0.05) is 22.4 Å². The van der Waals surface area contributed by atoms with Crippen LogP contribution >= 0.6 is 0 Å². The number of rotatable bonds is 6. The summed E-state index contributed by atoms with van der Waals surface area (Å²) in [5.41, 5.74) is 12.4. The highest BCUT2D eigenvalue weighted by atomic mass is 15.0. The van der Waals surface area contributed by atoms with E-state index in [-0.39, 0.29) is 5.92 Å². The van der Waals surface area contributed by atoms with Crippen molar-refractivity contribution in [1.82, 2.24) is 4.57 Å². The molecule has 52 heavy (non-hydrogen) atoms. The van der Waals surface area contributed by atoms with Crippen molar-refractivity contribution in [1.29, 1.82) is 0 Å². The molecule has 1 heteroatoms. The maximum absolute atomic E-state index is 2.44. The molecule has 244 valence electrons. The third-order valence-electron chi connectivity index (χ3n) is 10.7. The van der Waals surface area contributed by atoms with Crippen LogP contribution in [0.3, 0.4) is 0 Å². The summed E-state index contributed by atoms with van der Waals surface area (Å²) in [6, 6.07) is 75.6. The van der Waals surface area contributed by atoms with Gasteiger partial charge >= 0.3 is 0 Å². The van der Waals surface area contributed by atoms with Gasteiger partial charge in [-0.15, -0.1) is 0 Å². The summed E-state index contributed by atoms with van der Waals surface area (Å²) in [6.45, 7) is 0. The Hall–Kier alpha value is -6.70. The van der Waals surface area contributed by atoms with E-state index < -0.39 is 0 Å². The van der Waals surface area contributed by atoms with E-state index in [1.54, 1.807) is 0 Å². The van der Waals surface area contributed by atoms with Crippen LogP contribution in [0, 0.1) is 0 Å². The first-order valence-corrected chi connectivity index (χ1v) is 18.0. The molecular weight excluding hydrogens is 627 g/mol. The lowest BCUT2D eigenvalue weighted by Gasteiger charge is -2.21. The molecule has 0 saturated carbocycles. The lowest BCUT2D eigenvalue weighted by Crippen LogP contribution is -2.04. The van der Waals surface area contributed by atoms with Gasteiger partial charge in [0.15, 0.2) is 0 Å². The van der Waals surface area contributed by atoms with Crippen LogP contribution in [0.15, 0.2) is 206 Å². The summed E-state index contributed by atoms with van der Waals surface area (Å²) in [6.07, 6.45) is 0. The Labute approximate surface area is 303 Å². The first-order chi connectivity index (χ1) is 25.8. The molecule has 0 saturated heterocycles. The number of benzene rings is 9. The fourth-order valence-corrected chi connectivity index (χ4v) is 8.11. The number of hydrogen-bond donors (Lipinski definition) is 0. The molecule has 1 atom stereocenters. The van der Waals surface area contributed by atoms with Gasteiger partial charge in [-0.05, 0) is 90.8 Å². The third-order valence-corrected chi connectivity index (χ3v) is 10.7. The molecule has 0 spiro atoms. The van der Waals surface area contributed by atoms with E-state index in [9.17, 15) is 0 Å². The highest BCUT2D eigenvalue weighted by Crippen LogP contribution is 2.39. The van der Waals surface area contributed by atoms with E-state index in [2.05, 4.69) is 211 Å². The van der Waals surface area contributed by atoms with Crippen molar-refractivity contribution in [3.8, 4) is 27.9 Å². The van der Waals surface area contributed by atoms with Crippen LogP contribution in [0.1, 0.15) is 22.6 Å². The second kappa shape index (κ2) is 12.6. The summed E-state index contributed by atoms with van der Waals surface area (Å²) in [7, 11) is 0. The van der Waals surface area contributed by atoms with E-state index in [0.717, 1.165) is 0 Å². The van der Waals surface area contributed by atoms with Crippen molar-refractivity contribution < 1.29 is 0 Å². The van der Waals surface area contributed by atoms with Crippen LogP contribution in [-0.4, -0.2) is 4.57 Å². The number of hydrogen-bond acceptors (Lipinski definition) is 0. The van der Waals surface area contributed by atoms with Crippen LogP contribution in [0.2, 0.25) is 0 Å². The average Bonchev–Trinajstić information content (AvgIpc) is 3.54. The molecule has 0 aliphatic carbocycles. The fraction of sp³-hybridized carbons (Fsp3) is 0.0196. The van der Waals surface area contributed by atoms with E-state index in [4.69, 9.17) is 0 Å². The predicted octanol–water partition coefficient (Wildman–Crippen LogP) is 13.6. The summed E-state index contributed by atoms with van der Waals surface area (Å²) < 4.78 is 2.44. The van der Waals surface area contributed by atoms with E-state index >= 15 is 0 Å². The molecule has 0 amide bonds. The highest BCUT2D eigenvalue weighted by Gasteiger charge is 2.20. The van der Waals surface area contributed by atoms with Crippen molar-refractivity contribution in [2.75, 3.05) is 0 Å². The number of fused-ring (bicyclic) bond motifs is 5. The van der Waals surface area contributed by atoms with Gasteiger partial charge in [0.05, 0.1) is 11.0 Å². The quantitative estimate of drug-likeness (QED) is 0.156. The standard InChI is InChI=1S/C51H35N/c1-3-12-35(13-4-1)38-22-24-39(25-23-38)51(43-19-11-18-40(30-43)36-14-5-2-6-15-36)44-27-26-42-33-48-47-20-9-10-21-49(47)52(50(48)34-45(42)31-44)46-29-28-37-16-7-8-17-41(37)32-46/h1-34,51H. The van der Waals surface area contributed by atoms with Gasteiger partial charge in [0.25, 0.3) is 0 Å². The topological polar surface area (TPSA) is 4.93 Å². The van der Waals surface area contributed by atoms with Crippen LogP contribution in [0.4, 0.5) is 0 Å². The van der Waals surface area contributed by atoms with E-state index in [0.29, 0.717) is 0 Å². The van der Waals surface area contributed by atoms with Crippen LogP contribution in [0.25, 0.3) is 71.3 Å². The summed E-state index contributed by atoms with van der Waals surface area (Å²) >= 11 is 0. The van der Waals surface area contributed by atoms with Crippen LogP contribution in [-0.2, 0) is 0 Å². The lowest BCUT2D eigenvalue weighted by molar-refractivity contribution is 0.981. The molecule has 9 aromatic carbocycles. The first kappa shape index (κ1) is 30.2. The summed E-state index contributed by atoms with van der Waals surface area (Å²) in [4.78, 5) is 0. The Bertz CT molecular complexity index is 2880. The van der Waals surface area contributed by atoms with Crippen molar-refractivity contribution in [2.45, 2.75) is 5.92 Å². The molecule has 10 rings (SSSR count). The predicted molar refractivity (Wildman–Crippen MR) is 220 cm³/mol. The SMILES string of the molecule is c1ccc(-c2ccc(C(c3cccc(-c4ccccc4)c3)c3ccc4cc5c6ccccc6n(-c6ccc7ccccc7c6)c5cc4c3)cc2)cc1. The Kier molecular flexibility index (Phi) is 7.29. The monoisotopic (exact) mass is 661 g/mol. The van der Waals surface area contributed by atoms with Crippen LogP contribution in [0.5, 0.6) is 0 Å². The van der Waals surface area contributed by atoms with Crippen LogP contribution < -0.4 is 0 Å². The zero-order valence-electron chi connectivity index (χ0n) is 28.7. The molecule has 1 nitrogen and oxygen atoms in total. The first-order valence-electron chi connectivity index (χ1n) is 18.0. The molecule has 10 aromatic rings. The number of nitrogens with zero attached hydrogens (tertiary/aromatic N) is 1. The molecule has 1 aromatic heterocycles. The van der Waals surface area contributed by atoms with Crippen molar-refractivity contribution in [3.63, 3.8) is 0 Å². The molecule has 0 radical (unpaired) electrons. The Morgan fingerprint density at radius 3 is 1.69 bits per heavy atom. The molecule has 0 aliphatic heterocycles. The van der Waals surface area contributed by atoms with Crippen molar-refractivity contribution in [2.24, 2.45) is 0 Å². The van der Waals surface area contributed by atoms with Crippen molar-refractivity contribution in [3.05, 3.63) is 223 Å². The second-order valence-electron chi connectivity index (χ2n) is 13.8. The van der Waals surface area contributed by atoms with Gasteiger partial charge in [-0.25, -0.2) is 0 Å². The molecule has 1 unspecified atom stereocenters. The second-order valence-corrected chi connectivity index (χ2v) is 13.8. The average molecular weight is 662 g/mol. The molecule has 0 fully saturated rings. The molecule has 0 N–H and O–H groups in total. The smallest absolute Gasteiger partial charge is 0.0547 e. The van der Waals surface area contributed by atoms with Crippen molar-refractivity contribution >= 4 is 43.4 Å². The molecule has 1 heterocycles. The maximum atomic E-state index is 2.44. The van der Waals surface area contributed by atoms with Gasteiger partial charge in [-0.3, -0.25) is 0 Å². The third kappa shape index (κ3) is 5.27. The zero-order chi connectivity index (χ0) is 34.4. The molecule has 0 aliphatic rings. The number of para-hydroxylation sites is 1. The maximum Gasteiger partial charge on any atom is 0.0547 e. The Morgan fingerprint density at radius 2 is 0.885 bits per heavy atom. The fourth-order valence-electron chi connectivity index (χ4n) is 8.11. The van der Waals surface area contributed by atoms with E-state index in [1.165, 1.54) is 88.0 Å². The lowest BCUT2D eigenvalue weighted by atomic mass is 9.83. The van der Waals surface area contributed by atoms with Gasteiger partial charge < -0.3 is 4.57 Å². The number of aromatic nitrogens is 1. The largest absolute Gasteiger partial charge is 0.309 e. The van der Waals surface area contributed by atoms with Gasteiger partial charge in [-0.1, -0.05) is 176 Å². The van der Waals surface area contributed by atoms with Gasteiger partial charge in [-0.2, -0.15) is 0 Å². The zero-order valence-corrected chi connectivity index (χ0v) is 28.7. The Balaban J connectivity index is 1.16. The minimum Gasteiger partial charge on any atom is -0.309 e. The summed E-state index contributed by atoms with van der Waals surface area (Å²) in [5.74, 6) is 0.0555. The molecule has 0 bridgehead atoms. The van der Waals surface area contributed by atoms with E-state index in [1.807, 2.05) is 0 Å². The van der Waals surface area contributed by atoms with Gasteiger partial charge in [0.2, 0.25) is 0 Å². The normalized spacial score (nSPS) is 12.2. The minimum atomic E-state index is 0.0555. The Morgan fingerprint density at radius 1 is 0.288 bits per heavy atom. The molecular formula is C51H35N. The highest BCUT2D eigenvalue weighted by molar-refractivity contribution is 6.13. The minimum absolute atomic E-state index is 0.0555. The van der Waals surface area contributed by atoms with Gasteiger partial charge in [0.1, 0.15) is 0 Å². The summed E-state index contributed by atoms with van der Waals surface area (Å²) in [5, 5.41) is 7.52.